The predicted octanol–water partition coefficient (Wildman–Crippen LogP) is 0.426. The molecule has 0 spiro atoms. The monoisotopic (exact) mass is 314 g/mol. The molecule has 8 heteroatoms. The van der Waals surface area contributed by atoms with Gasteiger partial charge in [0.25, 0.3) is 0 Å². The van der Waals surface area contributed by atoms with E-state index in [2.05, 4.69) is 20.2 Å². The van der Waals surface area contributed by atoms with Gasteiger partial charge >= 0.3 is 0 Å². The second kappa shape index (κ2) is 5.68. The van der Waals surface area contributed by atoms with E-state index < -0.39 is 10.0 Å². The minimum absolute atomic E-state index is 0.0431. The number of ether oxygens (including phenoxy) is 1. The largest absolute Gasteiger partial charge is 0.381 e. The second-order valence-corrected chi connectivity index (χ2v) is 7.58. The Hall–Kier alpha value is -0.960. The molecule has 3 rings (SSSR count). The fourth-order valence-electron chi connectivity index (χ4n) is 2.61. The van der Waals surface area contributed by atoms with Crippen molar-refractivity contribution in [3.63, 3.8) is 0 Å². The summed E-state index contributed by atoms with van der Waals surface area (Å²) in [7, 11) is -1.89. The summed E-state index contributed by atoms with van der Waals surface area (Å²) in [6, 6.07) is 0.470. The number of rotatable bonds is 7. The van der Waals surface area contributed by atoms with Crippen molar-refractivity contribution in [1.82, 2.24) is 20.2 Å². The first-order chi connectivity index (χ1) is 9.99. The van der Waals surface area contributed by atoms with Gasteiger partial charge in [-0.1, -0.05) is 0 Å². The summed E-state index contributed by atoms with van der Waals surface area (Å²) in [5.41, 5.74) is 1.15. The number of hydrogen-bond acceptors (Lipinski definition) is 5. The first-order valence-corrected chi connectivity index (χ1v) is 8.80. The lowest BCUT2D eigenvalue weighted by Crippen LogP contribution is -2.47. The molecule has 0 unspecified atom stereocenters. The van der Waals surface area contributed by atoms with Crippen molar-refractivity contribution in [3.05, 3.63) is 11.4 Å². The van der Waals surface area contributed by atoms with E-state index >= 15 is 0 Å². The van der Waals surface area contributed by atoms with Crippen LogP contribution >= 0.6 is 0 Å². The SMILES string of the molecule is COC1CC(NS(=O)(=O)c2c(CNC3CC3)n[nH]c2C)C1. The lowest BCUT2D eigenvalue weighted by molar-refractivity contribution is 0.0236. The van der Waals surface area contributed by atoms with E-state index in [-0.39, 0.29) is 17.0 Å². The molecule has 0 aliphatic heterocycles. The Morgan fingerprint density at radius 2 is 2.05 bits per heavy atom. The Kier molecular flexibility index (Phi) is 4.04. The Morgan fingerprint density at radius 3 is 2.67 bits per heavy atom. The highest BCUT2D eigenvalue weighted by atomic mass is 32.2. The Bertz CT molecular complexity index is 603. The highest BCUT2D eigenvalue weighted by molar-refractivity contribution is 7.89. The van der Waals surface area contributed by atoms with Gasteiger partial charge in [0.05, 0.1) is 17.5 Å². The molecule has 0 aromatic carbocycles. The molecule has 1 aromatic heterocycles. The predicted molar refractivity (Wildman–Crippen MR) is 77.3 cm³/mol. The van der Waals surface area contributed by atoms with E-state index in [9.17, 15) is 8.42 Å². The van der Waals surface area contributed by atoms with Crippen LogP contribution in [0.3, 0.4) is 0 Å². The third-order valence-electron chi connectivity index (χ3n) is 4.12. The molecular formula is C13H22N4O3S. The Balaban J connectivity index is 1.70. The summed E-state index contributed by atoms with van der Waals surface area (Å²) < 4.78 is 33.0. The number of aromatic amines is 1. The van der Waals surface area contributed by atoms with Gasteiger partial charge in [-0.3, -0.25) is 5.10 Å². The van der Waals surface area contributed by atoms with E-state index in [1.165, 1.54) is 0 Å². The molecule has 0 atom stereocenters. The first kappa shape index (κ1) is 15.0. The third-order valence-corrected chi connectivity index (χ3v) is 5.84. The van der Waals surface area contributed by atoms with Gasteiger partial charge in [0, 0.05) is 25.7 Å². The number of nitrogens with zero attached hydrogens (tertiary/aromatic N) is 1. The lowest BCUT2D eigenvalue weighted by atomic mass is 9.90. The zero-order chi connectivity index (χ0) is 15.0. The van der Waals surface area contributed by atoms with Crippen LogP contribution in [0.1, 0.15) is 37.1 Å². The number of nitrogens with one attached hydrogen (secondary N) is 3. The second-order valence-electron chi connectivity index (χ2n) is 5.93. The molecule has 2 saturated carbocycles. The lowest BCUT2D eigenvalue weighted by Gasteiger charge is -2.34. The van der Waals surface area contributed by atoms with Gasteiger partial charge in [0.15, 0.2) is 0 Å². The standard InChI is InChI=1S/C13H22N4O3S/c1-8-13(12(16-15-8)7-14-9-3-4-9)21(18,19)17-10-5-11(6-10)20-2/h9-11,14,17H,3-7H2,1-2H3,(H,15,16). The summed E-state index contributed by atoms with van der Waals surface area (Å²) in [4.78, 5) is 0.288. The van der Waals surface area contributed by atoms with Crippen LogP contribution in [0, 0.1) is 6.92 Å². The number of methoxy groups -OCH3 is 1. The minimum atomic E-state index is -3.54. The summed E-state index contributed by atoms with van der Waals surface area (Å²) >= 11 is 0. The molecule has 0 radical (unpaired) electrons. The number of H-pyrrole nitrogens is 1. The van der Waals surface area contributed by atoms with Crippen molar-refractivity contribution in [2.45, 2.75) is 62.2 Å². The number of sulfonamides is 1. The topological polar surface area (TPSA) is 96.1 Å². The smallest absolute Gasteiger partial charge is 0.244 e. The van der Waals surface area contributed by atoms with E-state index in [0.717, 1.165) is 25.7 Å². The molecule has 2 aliphatic rings. The van der Waals surface area contributed by atoms with Gasteiger partial charge in [-0.25, -0.2) is 13.1 Å². The fraction of sp³-hybridized carbons (Fsp3) is 0.769. The zero-order valence-electron chi connectivity index (χ0n) is 12.3. The quantitative estimate of drug-likeness (QED) is 0.678. The van der Waals surface area contributed by atoms with Crippen molar-refractivity contribution in [3.8, 4) is 0 Å². The molecule has 2 fully saturated rings. The van der Waals surface area contributed by atoms with Gasteiger partial charge < -0.3 is 10.1 Å². The van der Waals surface area contributed by atoms with E-state index in [0.29, 0.717) is 24.0 Å². The highest BCUT2D eigenvalue weighted by Crippen LogP contribution is 2.26. The van der Waals surface area contributed by atoms with Crippen molar-refractivity contribution < 1.29 is 13.2 Å². The van der Waals surface area contributed by atoms with Crippen molar-refractivity contribution >= 4 is 10.0 Å². The van der Waals surface area contributed by atoms with Gasteiger partial charge in [0.2, 0.25) is 10.0 Å². The summed E-state index contributed by atoms with van der Waals surface area (Å²) in [6.07, 6.45) is 3.93. The van der Waals surface area contributed by atoms with Crippen LogP contribution in [0.4, 0.5) is 0 Å². The van der Waals surface area contributed by atoms with Crippen LogP contribution in [-0.4, -0.2) is 43.9 Å². The highest BCUT2D eigenvalue weighted by Gasteiger charge is 2.35. The summed E-state index contributed by atoms with van der Waals surface area (Å²) in [5, 5.41) is 10.2. The van der Waals surface area contributed by atoms with Crippen molar-refractivity contribution in [1.29, 1.82) is 0 Å². The normalized spacial score (nSPS) is 25.8. The average molecular weight is 314 g/mol. The van der Waals surface area contributed by atoms with E-state index in [1.807, 2.05) is 0 Å². The van der Waals surface area contributed by atoms with Crippen molar-refractivity contribution in [2.24, 2.45) is 0 Å². The molecule has 1 heterocycles. The number of hydrogen-bond donors (Lipinski definition) is 3. The van der Waals surface area contributed by atoms with Crippen LogP contribution in [0.25, 0.3) is 0 Å². The van der Waals surface area contributed by atoms with Crippen LogP contribution in [-0.2, 0) is 21.3 Å². The molecular weight excluding hydrogens is 292 g/mol. The molecule has 3 N–H and O–H groups in total. The molecule has 7 nitrogen and oxygen atoms in total. The molecule has 0 bridgehead atoms. The first-order valence-electron chi connectivity index (χ1n) is 7.32. The molecule has 21 heavy (non-hydrogen) atoms. The van der Waals surface area contributed by atoms with Crippen LogP contribution < -0.4 is 10.0 Å². The van der Waals surface area contributed by atoms with Gasteiger partial charge in [0.1, 0.15) is 4.90 Å². The van der Waals surface area contributed by atoms with Gasteiger partial charge in [-0.2, -0.15) is 5.10 Å². The number of aryl methyl sites for hydroxylation is 1. The summed E-state index contributed by atoms with van der Waals surface area (Å²) in [5.74, 6) is 0. The maximum atomic E-state index is 12.6. The zero-order valence-corrected chi connectivity index (χ0v) is 13.2. The summed E-state index contributed by atoms with van der Waals surface area (Å²) in [6.45, 7) is 2.22. The molecule has 0 saturated heterocycles. The third kappa shape index (κ3) is 3.28. The maximum Gasteiger partial charge on any atom is 0.244 e. The van der Waals surface area contributed by atoms with Gasteiger partial charge in [-0.05, 0) is 32.6 Å². The average Bonchev–Trinajstić information content (AvgIpc) is 3.13. The maximum absolute atomic E-state index is 12.6. The molecule has 1 aromatic rings. The molecule has 0 amide bonds. The Morgan fingerprint density at radius 1 is 1.33 bits per heavy atom. The molecule has 2 aliphatic carbocycles. The van der Waals surface area contributed by atoms with E-state index in [4.69, 9.17) is 4.74 Å². The van der Waals surface area contributed by atoms with Gasteiger partial charge in [-0.15, -0.1) is 0 Å². The minimum Gasteiger partial charge on any atom is -0.381 e. The number of aromatic nitrogens is 2. The van der Waals surface area contributed by atoms with Crippen LogP contribution in [0.2, 0.25) is 0 Å². The molecule has 118 valence electrons. The van der Waals surface area contributed by atoms with Crippen LogP contribution in [0.5, 0.6) is 0 Å². The van der Waals surface area contributed by atoms with Crippen LogP contribution in [0.15, 0.2) is 4.90 Å². The Labute approximate surface area is 124 Å². The van der Waals surface area contributed by atoms with Crippen molar-refractivity contribution in [2.75, 3.05) is 7.11 Å². The van der Waals surface area contributed by atoms with E-state index in [1.54, 1.807) is 14.0 Å². The fourth-order valence-corrected chi connectivity index (χ4v) is 4.23.